The SMILES string of the molecule is CC(C)(C)n1cc(C(=O)NCc2ccc(-c3ncnn4cc(Br)cc34)cc2C(F)(F)F)cn1. The molecule has 0 bridgehead atoms. The first kappa shape index (κ1) is 23.0. The summed E-state index contributed by atoms with van der Waals surface area (Å²) in [5, 5.41) is 10.8. The molecule has 33 heavy (non-hydrogen) atoms. The number of rotatable bonds is 4. The minimum Gasteiger partial charge on any atom is -0.348 e. The molecule has 4 aromatic rings. The lowest BCUT2D eigenvalue weighted by molar-refractivity contribution is -0.138. The highest BCUT2D eigenvalue weighted by atomic mass is 79.9. The van der Waals surface area contributed by atoms with Gasteiger partial charge in [0, 0.05) is 29.0 Å². The Kier molecular flexibility index (Phi) is 5.77. The summed E-state index contributed by atoms with van der Waals surface area (Å²) in [5.41, 5.74) is 0.289. The van der Waals surface area contributed by atoms with Crippen LogP contribution in [0, 0.1) is 0 Å². The third-order valence-electron chi connectivity index (χ3n) is 5.03. The van der Waals surface area contributed by atoms with E-state index < -0.39 is 17.6 Å². The zero-order chi connectivity index (χ0) is 24.0. The molecule has 0 spiro atoms. The predicted molar refractivity (Wildman–Crippen MR) is 120 cm³/mol. The maximum absolute atomic E-state index is 13.9. The summed E-state index contributed by atoms with van der Waals surface area (Å²) < 4.78 is 45.5. The van der Waals surface area contributed by atoms with Crippen molar-refractivity contribution in [3.63, 3.8) is 0 Å². The summed E-state index contributed by atoms with van der Waals surface area (Å²) in [6.45, 7) is 5.50. The average molecular weight is 521 g/mol. The van der Waals surface area contributed by atoms with Crippen molar-refractivity contribution in [3.05, 3.63) is 70.3 Å². The van der Waals surface area contributed by atoms with Gasteiger partial charge in [0.1, 0.15) is 6.33 Å². The van der Waals surface area contributed by atoms with Crippen LogP contribution in [0.15, 0.2) is 53.7 Å². The summed E-state index contributed by atoms with van der Waals surface area (Å²) in [4.78, 5) is 16.7. The number of nitrogens with zero attached hydrogens (tertiary/aromatic N) is 5. The first-order chi connectivity index (χ1) is 15.4. The quantitative estimate of drug-likeness (QED) is 0.408. The normalized spacial score (nSPS) is 12.3. The van der Waals surface area contributed by atoms with Crippen molar-refractivity contribution in [2.75, 3.05) is 0 Å². The van der Waals surface area contributed by atoms with Gasteiger partial charge in [0.15, 0.2) is 0 Å². The van der Waals surface area contributed by atoms with Gasteiger partial charge in [-0.3, -0.25) is 9.48 Å². The van der Waals surface area contributed by atoms with E-state index in [0.29, 0.717) is 16.8 Å². The lowest BCUT2D eigenvalue weighted by atomic mass is 10.0. The standard InChI is InChI=1S/C22H20BrF3N6O/c1-21(2,3)32-10-15(9-29-32)20(33)27-8-14-5-4-13(6-17(14)22(24,25)26)19-18-7-16(23)11-31(18)30-12-28-19/h4-7,9-12H,8H2,1-3H3,(H,27,33). The van der Waals surface area contributed by atoms with E-state index in [9.17, 15) is 18.0 Å². The molecule has 11 heteroatoms. The fraction of sp³-hybridized carbons (Fsp3) is 0.273. The number of hydrogen-bond donors (Lipinski definition) is 1. The molecule has 7 nitrogen and oxygen atoms in total. The van der Waals surface area contributed by atoms with Crippen molar-refractivity contribution in [2.24, 2.45) is 0 Å². The van der Waals surface area contributed by atoms with Gasteiger partial charge >= 0.3 is 6.18 Å². The van der Waals surface area contributed by atoms with Gasteiger partial charge in [-0.05, 0) is 54.4 Å². The van der Waals surface area contributed by atoms with E-state index in [4.69, 9.17) is 0 Å². The number of alkyl halides is 3. The molecule has 0 unspecified atom stereocenters. The smallest absolute Gasteiger partial charge is 0.348 e. The molecule has 0 saturated carbocycles. The third-order valence-corrected chi connectivity index (χ3v) is 5.47. The largest absolute Gasteiger partial charge is 0.416 e. The minimum absolute atomic E-state index is 0.0514. The van der Waals surface area contributed by atoms with Crippen LogP contribution in [-0.4, -0.2) is 30.3 Å². The summed E-state index contributed by atoms with van der Waals surface area (Å²) in [6, 6.07) is 5.68. The first-order valence-electron chi connectivity index (χ1n) is 9.96. The molecule has 0 aliphatic carbocycles. The van der Waals surface area contributed by atoms with Gasteiger partial charge in [-0.15, -0.1) is 0 Å². The summed E-state index contributed by atoms with van der Waals surface area (Å²) in [6.07, 6.45) is 1.33. The predicted octanol–water partition coefficient (Wildman–Crippen LogP) is 5.06. The molecular weight excluding hydrogens is 501 g/mol. The zero-order valence-electron chi connectivity index (χ0n) is 18.0. The van der Waals surface area contributed by atoms with Gasteiger partial charge in [-0.25, -0.2) is 9.50 Å². The monoisotopic (exact) mass is 520 g/mol. The highest BCUT2D eigenvalue weighted by Crippen LogP contribution is 2.36. The van der Waals surface area contributed by atoms with E-state index >= 15 is 0 Å². The topological polar surface area (TPSA) is 77.1 Å². The van der Waals surface area contributed by atoms with Crippen molar-refractivity contribution < 1.29 is 18.0 Å². The molecule has 1 amide bonds. The molecule has 0 fully saturated rings. The molecular formula is C22H20BrF3N6O. The Labute approximate surface area is 195 Å². The second kappa shape index (κ2) is 8.29. The zero-order valence-corrected chi connectivity index (χ0v) is 19.6. The van der Waals surface area contributed by atoms with Crippen LogP contribution in [0.1, 0.15) is 42.3 Å². The van der Waals surface area contributed by atoms with E-state index in [1.807, 2.05) is 20.8 Å². The molecule has 0 radical (unpaired) electrons. The molecule has 3 aromatic heterocycles. The van der Waals surface area contributed by atoms with Gasteiger partial charge in [-0.1, -0.05) is 12.1 Å². The highest BCUT2D eigenvalue weighted by molar-refractivity contribution is 9.10. The maximum Gasteiger partial charge on any atom is 0.416 e. The Morgan fingerprint density at radius 2 is 1.88 bits per heavy atom. The van der Waals surface area contributed by atoms with Gasteiger partial charge in [0.25, 0.3) is 5.91 Å². The minimum atomic E-state index is -4.61. The number of amides is 1. The van der Waals surface area contributed by atoms with E-state index in [-0.39, 0.29) is 23.2 Å². The van der Waals surface area contributed by atoms with Gasteiger partial charge < -0.3 is 5.32 Å². The molecule has 0 aliphatic heterocycles. The number of hydrogen-bond acceptors (Lipinski definition) is 4. The van der Waals surface area contributed by atoms with Crippen LogP contribution < -0.4 is 5.32 Å². The Balaban J connectivity index is 1.62. The molecule has 0 atom stereocenters. The number of carbonyl (C=O) groups excluding carboxylic acids is 1. The van der Waals surface area contributed by atoms with E-state index in [2.05, 4.69) is 36.4 Å². The molecule has 0 aliphatic rings. The van der Waals surface area contributed by atoms with Crippen molar-refractivity contribution in [1.29, 1.82) is 0 Å². The molecule has 3 heterocycles. The van der Waals surface area contributed by atoms with E-state index in [1.54, 1.807) is 29.2 Å². The molecule has 1 aromatic carbocycles. The number of fused-ring (bicyclic) bond motifs is 1. The number of benzene rings is 1. The Bertz CT molecular complexity index is 1340. The average Bonchev–Trinajstić information content (AvgIpc) is 3.37. The van der Waals surface area contributed by atoms with Crippen LogP contribution in [0.2, 0.25) is 0 Å². The molecule has 1 N–H and O–H groups in total. The van der Waals surface area contributed by atoms with Crippen LogP contribution >= 0.6 is 15.9 Å². The highest BCUT2D eigenvalue weighted by Gasteiger charge is 2.34. The van der Waals surface area contributed by atoms with Gasteiger partial charge in [0.2, 0.25) is 0 Å². The van der Waals surface area contributed by atoms with Crippen LogP contribution in [0.3, 0.4) is 0 Å². The second-order valence-corrected chi connectivity index (χ2v) is 9.41. The van der Waals surface area contributed by atoms with E-state index in [0.717, 1.165) is 10.5 Å². The summed E-state index contributed by atoms with van der Waals surface area (Å²) >= 11 is 3.34. The van der Waals surface area contributed by atoms with Crippen molar-refractivity contribution in [1.82, 2.24) is 29.7 Å². The van der Waals surface area contributed by atoms with Gasteiger partial charge in [-0.2, -0.15) is 23.4 Å². The Morgan fingerprint density at radius 1 is 1.12 bits per heavy atom. The van der Waals surface area contributed by atoms with Gasteiger partial charge in [0.05, 0.1) is 34.1 Å². The number of aromatic nitrogens is 5. The molecule has 172 valence electrons. The van der Waals surface area contributed by atoms with E-state index in [1.165, 1.54) is 23.1 Å². The Hall–Kier alpha value is -3.21. The maximum atomic E-state index is 13.9. The Morgan fingerprint density at radius 3 is 2.55 bits per heavy atom. The lowest BCUT2D eigenvalue weighted by Crippen LogP contribution is -2.25. The van der Waals surface area contributed by atoms with Crippen molar-refractivity contribution in [3.8, 4) is 11.3 Å². The number of halogens is 4. The van der Waals surface area contributed by atoms with Crippen molar-refractivity contribution >= 4 is 27.4 Å². The fourth-order valence-electron chi connectivity index (χ4n) is 3.35. The summed E-state index contributed by atoms with van der Waals surface area (Å²) in [7, 11) is 0. The molecule has 4 rings (SSSR count). The fourth-order valence-corrected chi connectivity index (χ4v) is 3.76. The van der Waals surface area contributed by atoms with Crippen LogP contribution in [-0.2, 0) is 18.3 Å². The number of nitrogens with one attached hydrogen (secondary N) is 1. The van der Waals surface area contributed by atoms with Crippen LogP contribution in [0.4, 0.5) is 13.2 Å². The summed E-state index contributed by atoms with van der Waals surface area (Å²) in [5.74, 6) is -0.502. The van der Waals surface area contributed by atoms with Crippen molar-refractivity contribution in [2.45, 2.75) is 39.0 Å². The molecule has 0 saturated heterocycles. The second-order valence-electron chi connectivity index (χ2n) is 8.49. The number of carbonyl (C=O) groups is 1. The van der Waals surface area contributed by atoms with Crippen LogP contribution in [0.5, 0.6) is 0 Å². The lowest BCUT2D eigenvalue weighted by Gasteiger charge is -2.18. The first-order valence-corrected chi connectivity index (χ1v) is 10.8. The third kappa shape index (κ3) is 4.77. The van der Waals surface area contributed by atoms with Crippen LogP contribution in [0.25, 0.3) is 16.8 Å².